The smallest absolute Gasteiger partial charge is 0.0341 e. The molecule has 2 aromatic carbocycles. The summed E-state index contributed by atoms with van der Waals surface area (Å²) >= 11 is 3.49. The maximum atomic E-state index is 7.20. The number of rotatable bonds is 1. The molecular formula is C11H8BrN. The number of fused-ring (bicyclic) bond motifs is 1. The zero-order valence-electron chi connectivity index (χ0n) is 6.92. The molecule has 1 nitrogen and oxygen atoms in total. The van der Waals surface area contributed by atoms with Crippen LogP contribution in [0.3, 0.4) is 0 Å². The standard InChI is InChI=1S/C11H8BrN/c12-11-9(7-13)6-5-8-3-1-2-4-10(8)11/h1-7,13H. The number of benzene rings is 2. The van der Waals surface area contributed by atoms with E-state index < -0.39 is 0 Å². The van der Waals surface area contributed by atoms with E-state index in [9.17, 15) is 0 Å². The van der Waals surface area contributed by atoms with E-state index in [4.69, 9.17) is 5.41 Å². The second kappa shape index (κ2) is 3.30. The second-order valence-corrected chi connectivity index (χ2v) is 3.63. The Bertz CT molecular complexity index is 463. The van der Waals surface area contributed by atoms with Gasteiger partial charge in [0, 0.05) is 16.3 Å². The molecule has 1 N–H and O–H groups in total. The normalized spacial score (nSPS) is 10.2. The Hall–Kier alpha value is -1.15. The fourth-order valence-corrected chi connectivity index (χ4v) is 1.97. The maximum Gasteiger partial charge on any atom is 0.0341 e. The van der Waals surface area contributed by atoms with Crippen LogP contribution in [0.15, 0.2) is 40.9 Å². The van der Waals surface area contributed by atoms with Gasteiger partial charge in [-0.05, 0) is 26.7 Å². The first-order valence-corrected chi connectivity index (χ1v) is 4.80. The zero-order valence-corrected chi connectivity index (χ0v) is 8.51. The summed E-state index contributed by atoms with van der Waals surface area (Å²) in [4.78, 5) is 0. The molecule has 0 aliphatic rings. The van der Waals surface area contributed by atoms with Gasteiger partial charge in [0.15, 0.2) is 0 Å². The number of halogens is 1. The van der Waals surface area contributed by atoms with Gasteiger partial charge in [0.05, 0.1) is 0 Å². The van der Waals surface area contributed by atoms with Crippen molar-refractivity contribution in [2.45, 2.75) is 0 Å². The Morgan fingerprint density at radius 1 is 1.08 bits per heavy atom. The van der Waals surface area contributed by atoms with E-state index in [2.05, 4.69) is 22.0 Å². The topological polar surface area (TPSA) is 23.9 Å². The SMILES string of the molecule is N=Cc1ccc2ccccc2c1Br. The fraction of sp³-hybridized carbons (Fsp3) is 0. The van der Waals surface area contributed by atoms with Crippen molar-refractivity contribution in [3.05, 3.63) is 46.4 Å². The lowest BCUT2D eigenvalue weighted by Crippen LogP contribution is -1.83. The summed E-state index contributed by atoms with van der Waals surface area (Å²) in [5.74, 6) is 0. The molecule has 0 fully saturated rings. The highest BCUT2D eigenvalue weighted by Gasteiger charge is 2.01. The molecule has 0 saturated carbocycles. The molecule has 13 heavy (non-hydrogen) atoms. The average Bonchev–Trinajstić information content (AvgIpc) is 2.19. The quantitative estimate of drug-likeness (QED) is 0.729. The van der Waals surface area contributed by atoms with Crippen LogP contribution in [0.5, 0.6) is 0 Å². The largest absolute Gasteiger partial charge is 0.308 e. The Balaban J connectivity index is 2.86. The maximum absolute atomic E-state index is 7.20. The molecule has 64 valence electrons. The third-order valence-corrected chi connectivity index (χ3v) is 2.93. The highest BCUT2D eigenvalue weighted by atomic mass is 79.9. The Labute approximate surface area is 85.0 Å². The molecule has 0 radical (unpaired) electrons. The molecule has 0 spiro atoms. The van der Waals surface area contributed by atoms with Crippen LogP contribution in [0.25, 0.3) is 10.8 Å². The summed E-state index contributed by atoms with van der Waals surface area (Å²) in [7, 11) is 0. The molecule has 0 amide bonds. The van der Waals surface area contributed by atoms with Crippen molar-refractivity contribution < 1.29 is 0 Å². The van der Waals surface area contributed by atoms with Crippen molar-refractivity contribution in [3.8, 4) is 0 Å². The van der Waals surface area contributed by atoms with E-state index in [1.165, 1.54) is 11.6 Å². The molecule has 0 unspecified atom stereocenters. The summed E-state index contributed by atoms with van der Waals surface area (Å²) in [6.45, 7) is 0. The van der Waals surface area contributed by atoms with Gasteiger partial charge >= 0.3 is 0 Å². The molecule has 0 atom stereocenters. The predicted molar refractivity (Wildman–Crippen MR) is 59.5 cm³/mol. The Morgan fingerprint density at radius 2 is 1.85 bits per heavy atom. The van der Waals surface area contributed by atoms with Gasteiger partial charge in [-0.2, -0.15) is 0 Å². The summed E-state index contributed by atoms with van der Waals surface area (Å²) < 4.78 is 1.00. The molecule has 0 heterocycles. The van der Waals surface area contributed by atoms with Crippen LogP contribution in [-0.2, 0) is 0 Å². The summed E-state index contributed by atoms with van der Waals surface area (Å²) in [6, 6.07) is 12.1. The first-order chi connectivity index (χ1) is 6.33. The molecule has 0 bridgehead atoms. The molecule has 2 heteroatoms. The number of hydrogen-bond acceptors (Lipinski definition) is 1. The highest BCUT2D eigenvalue weighted by molar-refractivity contribution is 9.10. The van der Waals surface area contributed by atoms with Crippen LogP contribution >= 0.6 is 15.9 Å². The van der Waals surface area contributed by atoms with E-state index in [-0.39, 0.29) is 0 Å². The van der Waals surface area contributed by atoms with Gasteiger partial charge in [-0.15, -0.1) is 0 Å². The van der Waals surface area contributed by atoms with E-state index in [0.717, 1.165) is 15.4 Å². The fourth-order valence-electron chi connectivity index (χ4n) is 1.36. The Kier molecular flexibility index (Phi) is 2.15. The zero-order chi connectivity index (χ0) is 9.26. The van der Waals surface area contributed by atoms with E-state index in [1.807, 2.05) is 30.3 Å². The van der Waals surface area contributed by atoms with E-state index in [1.54, 1.807) is 0 Å². The van der Waals surface area contributed by atoms with Gasteiger partial charge in [-0.1, -0.05) is 36.4 Å². The molecule has 2 rings (SSSR count). The Morgan fingerprint density at radius 3 is 2.62 bits per heavy atom. The first kappa shape index (κ1) is 8.45. The van der Waals surface area contributed by atoms with Gasteiger partial charge in [0.1, 0.15) is 0 Å². The lowest BCUT2D eigenvalue weighted by molar-refractivity contribution is 1.54. The minimum absolute atomic E-state index is 0.915. The van der Waals surface area contributed by atoms with Crippen LogP contribution in [0, 0.1) is 5.41 Å². The molecule has 0 aliphatic heterocycles. The van der Waals surface area contributed by atoms with Gasteiger partial charge < -0.3 is 5.41 Å². The average molecular weight is 234 g/mol. The molecule has 0 aliphatic carbocycles. The lowest BCUT2D eigenvalue weighted by Gasteiger charge is -2.02. The summed E-state index contributed by atoms with van der Waals surface area (Å²) in [5, 5.41) is 9.56. The van der Waals surface area contributed by atoms with Crippen molar-refractivity contribution in [1.82, 2.24) is 0 Å². The van der Waals surface area contributed by atoms with Crippen molar-refractivity contribution in [3.63, 3.8) is 0 Å². The summed E-state index contributed by atoms with van der Waals surface area (Å²) in [6.07, 6.45) is 1.36. The van der Waals surface area contributed by atoms with Crippen LogP contribution in [0.2, 0.25) is 0 Å². The second-order valence-electron chi connectivity index (χ2n) is 2.83. The van der Waals surface area contributed by atoms with Crippen molar-refractivity contribution >= 4 is 32.9 Å². The van der Waals surface area contributed by atoms with E-state index >= 15 is 0 Å². The molecule has 0 aromatic heterocycles. The van der Waals surface area contributed by atoms with Gasteiger partial charge in [0.2, 0.25) is 0 Å². The van der Waals surface area contributed by atoms with Crippen LogP contribution in [-0.4, -0.2) is 6.21 Å². The van der Waals surface area contributed by atoms with Gasteiger partial charge in [-0.25, -0.2) is 0 Å². The van der Waals surface area contributed by atoms with Crippen molar-refractivity contribution in [2.75, 3.05) is 0 Å². The monoisotopic (exact) mass is 233 g/mol. The molecular weight excluding hydrogens is 226 g/mol. The van der Waals surface area contributed by atoms with Gasteiger partial charge in [0.25, 0.3) is 0 Å². The molecule has 2 aromatic rings. The van der Waals surface area contributed by atoms with E-state index in [0.29, 0.717) is 0 Å². The minimum Gasteiger partial charge on any atom is -0.308 e. The first-order valence-electron chi connectivity index (χ1n) is 4.00. The van der Waals surface area contributed by atoms with Gasteiger partial charge in [-0.3, -0.25) is 0 Å². The van der Waals surface area contributed by atoms with Crippen LogP contribution in [0.1, 0.15) is 5.56 Å². The van der Waals surface area contributed by atoms with Crippen LogP contribution < -0.4 is 0 Å². The predicted octanol–water partition coefficient (Wildman–Crippen LogP) is 3.60. The summed E-state index contributed by atoms with van der Waals surface area (Å²) in [5.41, 5.74) is 0.915. The van der Waals surface area contributed by atoms with Crippen molar-refractivity contribution in [2.24, 2.45) is 0 Å². The van der Waals surface area contributed by atoms with Crippen molar-refractivity contribution in [1.29, 1.82) is 5.41 Å². The third-order valence-electron chi connectivity index (χ3n) is 2.05. The highest BCUT2D eigenvalue weighted by Crippen LogP contribution is 2.26. The number of nitrogens with one attached hydrogen (secondary N) is 1. The molecule has 0 saturated heterocycles. The lowest BCUT2D eigenvalue weighted by atomic mass is 10.1. The van der Waals surface area contributed by atoms with Crippen LogP contribution in [0.4, 0.5) is 0 Å². The third kappa shape index (κ3) is 1.38. The number of hydrogen-bond donors (Lipinski definition) is 1. The minimum atomic E-state index is 0.915.